The van der Waals surface area contributed by atoms with E-state index in [-0.39, 0.29) is 28.6 Å². The highest BCUT2D eigenvalue weighted by Gasteiger charge is 2.45. The van der Waals surface area contributed by atoms with Crippen LogP contribution in [-0.4, -0.2) is 83.0 Å². The van der Waals surface area contributed by atoms with Crippen molar-refractivity contribution in [3.63, 3.8) is 0 Å². The van der Waals surface area contributed by atoms with Crippen molar-refractivity contribution in [3.8, 4) is 28.7 Å². The number of aliphatic hydroxyl groups excluding tert-OH is 3. The molecule has 1 heterocycles. The van der Waals surface area contributed by atoms with Crippen molar-refractivity contribution in [2.24, 2.45) is 0 Å². The van der Waals surface area contributed by atoms with Crippen molar-refractivity contribution in [2.75, 3.05) is 20.8 Å². The summed E-state index contributed by atoms with van der Waals surface area (Å²) < 4.78 is 26.5. The normalized spacial score (nSPS) is 24.4. The van der Waals surface area contributed by atoms with Crippen LogP contribution >= 0.6 is 0 Å². The van der Waals surface area contributed by atoms with E-state index in [0.29, 0.717) is 16.9 Å². The third kappa shape index (κ3) is 5.12. The zero-order chi connectivity index (χ0) is 25.2. The third-order valence-electron chi connectivity index (χ3n) is 5.50. The number of hydrogen-bond donors (Lipinski definition) is 5. The standard InChI is InChI=1S/C23H28O11/c1-10-6-14(11(2)5-13(10)24)33-23-21(28)20(27)19(26)17(34-23)9-32-22(29)12-7-15(30-3)18(25)16(8-12)31-4/h5-8,17,19-21,23-28H,9H2,1-4H3. The second-order valence-electron chi connectivity index (χ2n) is 7.86. The van der Waals surface area contributed by atoms with Gasteiger partial charge in [0.05, 0.1) is 19.8 Å². The van der Waals surface area contributed by atoms with Crippen LogP contribution in [0.2, 0.25) is 0 Å². The lowest BCUT2D eigenvalue weighted by atomic mass is 9.99. The number of aromatic hydroxyl groups is 2. The number of phenolic OH excluding ortho intramolecular Hbond substituents is 2. The Balaban J connectivity index is 1.73. The van der Waals surface area contributed by atoms with Crippen molar-refractivity contribution in [1.29, 1.82) is 0 Å². The van der Waals surface area contributed by atoms with Crippen LogP contribution in [0.3, 0.4) is 0 Å². The molecule has 1 saturated heterocycles. The number of aryl methyl sites for hydroxylation is 2. The van der Waals surface area contributed by atoms with Crippen LogP contribution in [0.25, 0.3) is 0 Å². The molecule has 0 saturated carbocycles. The Labute approximate surface area is 195 Å². The summed E-state index contributed by atoms with van der Waals surface area (Å²) in [5.74, 6) is -0.779. The Hall–Kier alpha value is -3.25. The molecule has 0 aliphatic carbocycles. The predicted molar refractivity (Wildman–Crippen MR) is 116 cm³/mol. The van der Waals surface area contributed by atoms with E-state index in [4.69, 9.17) is 23.7 Å². The fourth-order valence-electron chi connectivity index (χ4n) is 3.43. The highest BCUT2D eigenvalue weighted by Crippen LogP contribution is 2.37. The summed E-state index contributed by atoms with van der Waals surface area (Å²) in [5, 5.41) is 50.7. The molecule has 5 N–H and O–H groups in total. The van der Waals surface area contributed by atoms with Gasteiger partial charge in [0.25, 0.3) is 0 Å². The van der Waals surface area contributed by atoms with E-state index in [1.807, 2.05) is 0 Å². The van der Waals surface area contributed by atoms with Crippen LogP contribution in [0.15, 0.2) is 24.3 Å². The summed E-state index contributed by atoms with van der Waals surface area (Å²) in [6.45, 7) is 2.85. The van der Waals surface area contributed by atoms with E-state index < -0.39 is 43.3 Å². The van der Waals surface area contributed by atoms with Crippen molar-refractivity contribution in [2.45, 2.75) is 44.6 Å². The molecule has 0 bridgehead atoms. The van der Waals surface area contributed by atoms with E-state index in [2.05, 4.69) is 0 Å². The zero-order valence-electron chi connectivity index (χ0n) is 19.1. The predicted octanol–water partition coefficient (Wildman–Crippen LogP) is 0.775. The highest BCUT2D eigenvalue weighted by molar-refractivity contribution is 5.91. The molecule has 5 atom stereocenters. The van der Waals surface area contributed by atoms with Crippen LogP contribution in [0.4, 0.5) is 0 Å². The smallest absolute Gasteiger partial charge is 0.338 e. The Kier molecular flexibility index (Phi) is 7.72. The molecule has 5 unspecified atom stereocenters. The molecule has 186 valence electrons. The quantitative estimate of drug-likeness (QED) is 0.356. The summed E-state index contributed by atoms with van der Waals surface area (Å²) in [4.78, 5) is 12.6. The number of hydrogen-bond acceptors (Lipinski definition) is 11. The topological polar surface area (TPSA) is 164 Å². The van der Waals surface area contributed by atoms with Gasteiger partial charge in [-0.25, -0.2) is 4.79 Å². The lowest BCUT2D eigenvalue weighted by molar-refractivity contribution is -0.277. The number of benzene rings is 2. The highest BCUT2D eigenvalue weighted by atomic mass is 16.7. The maximum atomic E-state index is 12.6. The minimum atomic E-state index is -1.64. The van der Waals surface area contributed by atoms with Crippen molar-refractivity contribution in [1.82, 2.24) is 0 Å². The molecular formula is C23H28O11. The van der Waals surface area contributed by atoms with Gasteiger partial charge in [0, 0.05) is 0 Å². The van der Waals surface area contributed by atoms with Gasteiger partial charge in [-0.2, -0.15) is 0 Å². The molecule has 2 aromatic rings. The summed E-state index contributed by atoms with van der Waals surface area (Å²) in [7, 11) is 2.61. The van der Waals surface area contributed by atoms with E-state index in [1.165, 1.54) is 32.4 Å². The zero-order valence-corrected chi connectivity index (χ0v) is 19.1. The second kappa shape index (κ2) is 10.3. The SMILES string of the molecule is COc1cc(C(=O)OCC2OC(Oc3cc(C)c(O)cc3C)C(O)C(O)C2O)cc(OC)c1O. The van der Waals surface area contributed by atoms with Gasteiger partial charge in [0.15, 0.2) is 11.5 Å². The molecule has 1 fully saturated rings. The molecule has 0 amide bonds. The molecule has 3 rings (SSSR count). The Morgan fingerprint density at radius 3 is 2.09 bits per heavy atom. The Morgan fingerprint density at radius 1 is 0.882 bits per heavy atom. The van der Waals surface area contributed by atoms with Gasteiger partial charge in [-0.15, -0.1) is 0 Å². The van der Waals surface area contributed by atoms with E-state index in [9.17, 15) is 30.3 Å². The van der Waals surface area contributed by atoms with Crippen molar-refractivity contribution < 1.29 is 54.0 Å². The average molecular weight is 480 g/mol. The van der Waals surface area contributed by atoms with Crippen molar-refractivity contribution >= 4 is 5.97 Å². The molecule has 0 aromatic heterocycles. The number of methoxy groups -OCH3 is 2. The molecule has 0 radical (unpaired) electrons. The Morgan fingerprint density at radius 2 is 1.50 bits per heavy atom. The summed E-state index contributed by atoms with van der Waals surface area (Å²) in [5.41, 5.74) is 1.08. The lowest BCUT2D eigenvalue weighted by Gasteiger charge is -2.40. The number of phenols is 2. The molecule has 1 aliphatic heterocycles. The molecule has 11 nitrogen and oxygen atoms in total. The van der Waals surface area contributed by atoms with E-state index >= 15 is 0 Å². The molecular weight excluding hydrogens is 452 g/mol. The first-order valence-electron chi connectivity index (χ1n) is 10.4. The van der Waals surface area contributed by atoms with Gasteiger partial charge in [0.1, 0.15) is 42.5 Å². The van der Waals surface area contributed by atoms with Crippen molar-refractivity contribution in [3.05, 3.63) is 41.0 Å². The molecule has 11 heteroatoms. The second-order valence-corrected chi connectivity index (χ2v) is 7.86. The number of carbonyl (C=O) groups is 1. The number of ether oxygens (including phenoxy) is 5. The minimum absolute atomic E-state index is 0.000348. The monoisotopic (exact) mass is 480 g/mol. The fourth-order valence-corrected chi connectivity index (χ4v) is 3.43. The van der Waals surface area contributed by atoms with Gasteiger partial charge < -0.3 is 49.2 Å². The first kappa shape index (κ1) is 25.4. The van der Waals surface area contributed by atoms with E-state index in [1.54, 1.807) is 19.9 Å². The molecule has 0 spiro atoms. The molecule has 2 aromatic carbocycles. The average Bonchev–Trinajstić information content (AvgIpc) is 2.81. The summed E-state index contributed by atoms with van der Waals surface area (Å²) in [6.07, 6.45) is -7.43. The van der Waals surface area contributed by atoms with Crippen LogP contribution in [0.5, 0.6) is 28.7 Å². The summed E-state index contributed by atoms with van der Waals surface area (Å²) in [6, 6.07) is 5.51. The number of rotatable bonds is 7. The minimum Gasteiger partial charge on any atom is -0.508 e. The number of aliphatic hydroxyl groups is 3. The fraction of sp³-hybridized carbons (Fsp3) is 0.435. The molecule has 1 aliphatic rings. The lowest BCUT2D eigenvalue weighted by Crippen LogP contribution is -2.60. The largest absolute Gasteiger partial charge is 0.508 e. The number of carbonyl (C=O) groups excluding carboxylic acids is 1. The first-order valence-corrected chi connectivity index (χ1v) is 10.4. The van der Waals surface area contributed by atoms with Crippen LogP contribution in [0, 0.1) is 13.8 Å². The maximum absolute atomic E-state index is 12.6. The van der Waals surface area contributed by atoms with Gasteiger partial charge in [0.2, 0.25) is 12.0 Å². The van der Waals surface area contributed by atoms with Crippen LogP contribution < -0.4 is 14.2 Å². The third-order valence-corrected chi connectivity index (χ3v) is 5.50. The maximum Gasteiger partial charge on any atom is 0.338 e. The number of esters is 1. The van der Waals surface area contributed by atoms with Gasteiger partial charge in [-0.3, -0.25) is 0 Å². The molecule has 34 heavy (non-hydrogen) atoms. The van der Waals surface area contributed by atoms with Crippen LogP contribution in [-0.2, 0) is 9.47 Å². The summed E-state index contributed by atoms with van der Waals surface area (Å²) >= 11 is 0. The van der Waals surface area contributed by atoms with Gasteiger partial charge in [-0.1, -0.05) is 0 Å². The van der Waals surface area contributed by atoms with E-state index in [0.717, 1.165) is 0 Å². The Bertz CT molecular complexity index is 1010. The first-order chi connectivity index (χ1) is 16.1. The van der Waals surface area contributed by atoms with Gasteiger partial charge in [-0.05, 0) is 49.2 Å². The van der Waals surface area contributed by atoms with Gasteiger partial charge >= 0.3 is 5.97 Å². The van der Waals surface area contributed by atoms with Crippen LogP contribution in [0.1, 0.15) is 21.5 Å².